The average molecular weight is 290 g/mol. The summed E-state index contributed by atoms with van der Waals surface area (Å²) in [4.78, 5) is 9.19. The van der Waals surface area contributed by atoms with Crippen molar-refractivity contribution < 1.29 is 0 Å². The minimum Gasteiger partial charge on any atom is -0.370 e. The fraction of sp³-hybridized carbons (Fsp3) is 0.375. The van der Waals surface area contributed by atoms with Crippen molar-refractivity contribution in [3.8, 4) is 0 Å². The smallest absolute Gasteiger partial charge is 0.135 e. The molecule has 4 heteroatoms. The lowest BCUT2D eigenvalue weighted by molar-refractivity contribution is 0.904. The predicted molar refractivity (Wildman–Crippen MR) is 84.5 cm³/mol. The SMILES string of the molecule is CCCNc1nc(Cc2ccccc2Cl)nc(C)c1C. The van der Waals surface area contributed by atoms with Gasteiger partial charge in [0.1, 0.15) is 11.6 Å². The molecule has 20 heavy (non-hydrogen) atoms. The molecule has 0 saturated carbocycles. The maximum absolute atomic E-state index is 6.20. The van der Waals surface area contributed by atoms with Gasteiger partial charge in [-0.15, -0.1) is 0 Å². The highest BCUT2D eigenvalue weighted by atomic mass is 35.5. The summed E-state index contributed by atoms with van der Waals surface area (Å²) in [6.07, 6.45) is 1.73. The molecule has 0 radical (unpaired) electrons. The molecule has 0 unspecified atom stereocenters. The number of rotatable bonds is 5. The van der Waals surface area contributed by atoms with E-state index in [2.05, 4.69) is 22.2 Å². The second-order valence-corrected chi connectivity index (χ2v) is 5.30. The predicted octanol–water partition coefficient (Wildman–Crippen LogP) is 4.16. The Balaban J connectivity index is 2.28. The number of hydrogen-bond acceptors (Lipinski definition) is 3. The van der Waals surface area contributed by atoms with Crippen LogP contribution in [0.15, 0.2) is 24.3 Å². The summed E-state index contributed by atoms with van der Waals surface area (Å²) in [5, 5.41) is 4.12. The maximum atomic E-state index is 6.20. The zero-order valence-electron chi connectivity index (χ0n) is 12.2. The largest absolute Gasteiger partial charge is 0.370 e. The van der Waals surface area contributed by atoms with Gasteiger partial charge in [0.2, 0.25) is 0 Å². The van der Waals surface area contributed by atoms with Crippen LogP contribution >= 0.6 is 11.6 Å². The quantitative estimate of drug-likeness (QED) is 0.898. The fourth-order valence-electron chi connectivity index (χ4n) is 1.99. The number of nitrogens with one attached hydrogen (secondary N) is 1. The molecular formula is C16H20ClN3. The van der Waals surface area contributed by atoms with Crippen LogP contribution in [-0.2, 0) is 6.42 Å². The zero-order chi connectivity index (χ0) is 14.5. The Hall–Kier alpha value is -1.61. The second-order valence-electron chi connectivity index (χ2n) is 4.89. The lowest BCUT2D eigenvalue weighted by Crippen LogP contribution is -2.09. The van der Waals surface area contributed by atoms with Crippen LogP contribution < -0.4 is 5.32 Å². The summed E-state index contributed by atoms with van der Waals surface area (Å²) >= 11 is 6.20. The van der Waals surface area contributed by atoms with E-state index < -0.39 is 0 Å². The van der Waals surface area contributed by atoms with Crippen LogP contribution in [0.1, 0.15) is 36.0 Å². The monoisotopic (exact) mass is 289 g/mol. The highest BCUT2D eigenvalue weighted by Gasteiger charge is 2.09. The molecule has 1 N–H and O–H groups in total. The molecule has 0 bridgehead atoms. The third-order valence-electron chi connectivity index (χ3n) is 3.28. The molecule has 2 aromatic rings. The van der Waals surface area contributed by atoms with Gasteiger partial charge in [-0.1, -0.05) is 36.7 Å². The average Bonchev–Trinajstić information content (AvgIpc) is 2.43. The van der Waals surface area contributed by atoms with E-state index in [9.17, 15) is 0 Å². The van der Waals surface area contributed by atoms with Crippen LogP contribution in [0.25, 0.3) is 0 Å². The molecule has 1 aromatic carbocycles. The Kier molecular flexibility index (Phi) is 4.96. The van der Waals surface area contributed by atoms with E-state index in [0.717, 1.165) is 46.5 Å². The molecule has 2 rings (SSSR count). The molecule has 1 aromatic heterocycles. The van der Waals surface area contributed by atoms with Gasteiger partial charge in [0, 0.05) is 29.2 Å². The van der Waals surface area contributed by atoms with E-state index in [0.29, 0.717) is 6.42 Å². The van der Waals surface area contributed by atoms with Gasteiger partial charge in [-0.25, -0.2) is 9.97 Å². The number of hydrogen-bond donors (Lipinski definition) is 1. The van der Waals surface area contributed by atoms with E-state index in [1.165, 1.54) is 0 Å². The number of nitrogens with zero attached hydrogens (tertiary/aromatic N) is 2. The van der Waals surface area contributed by atoms with Crippen LogP contribution in [0.3, 0.4) is 0 Å². The number of anilines is 1. The Bertz CT molecular complexity index is 596. The topological polar surface area (TPSA) is 37.8 Å². The molecule has 1 heterocycles. The summed E-state index contributed by atoms with van der Waals surface area (Å²) in [7, 11) is 0. The Morgan fingerprint density at radius 1 is 1.15 bits per heavy atom. The van der Waals surface area contributed by atoms with E-state index >= 15 is 0 Å². The summed E-state index contributed by atoms with van der Waals surface area (Å²) in [6.45, 7) is 7.13. The Labute approximate surface area is 125 Å². The van der Waals surface area contributed by atoms with E-state index in [1.54, 1.807) is 0 Å². The Morgan fingerprint density at radius 2 is 1.90 bits per heavy atom. The van der Waals surface area contributed by atoms with Crippen molar-refractivity contribution in [1.82, 2.24) is 9.97 Å². The van der Waals surface area contributed by atoms with E-state index in [4.69, 9.17) is 11.6 Å². The summed E-state index contributed by atoms with van der Waals surface area (Å²) in [5.74, 6) is 1.74. The number of aromatic nitrogens is 2. The first-order valence-corrected chi connectivity index (χ1v) is 7.31. The second kappa shape index (κ2) is 6.71. The van der Waals surface area contributed by atoms with Crippen LogP contribution in [0, 0.1) is 13.8 Å². The van der Waals surface area contributed by atoms with Crippen molar-refractivity contribution in [2.24, 2.45) is 0 Å². The number of benzene rings is 1. The van der Waals surface area contributed by atoms with Gasteiger partial charge in [0.25, 0.3) is 0 Å². The molecule has 0 atom stereocenters. The molecule has 0 aliphatic carbocycles. The van der Waals surface area contributed by atoms with Crippen molar-refractivity contribution in [2.75, 3.05) is 11.9 Å². The highest BCUT2D eigenvalue weighted by molar-refractivity contribution is 6.31. The minimum atomic E-state index is 0.654. The molecule has 0 aliphatic heterocycles. The van der Waals surface area contributed by atoms with Crippen LogP contribution in [-0.4, -0.2) is 16.5 Å². The molecule has 0 fully saturated rings. The van der Waals surface area contributed by atoms with Crippen molar-refractivity contribution in [3.63, 3.8) is 0 Å². The van der Waals surface area contributed by atoms with E-state index in [1.807, 2.05) is 38.1 Å². The van der Waals surface area contributed by atoms with Crippen molar-refractivity contribution in [2.45, 2.75) is 33.6 Å². The lowest BCUT2D eigenvalue weighted by atomic mass is 10.1. The lowest BCUT2D eigenvalue weighted by Gasteiger charge is -2.12. The molecule has 3 nitrogen and oxygen atoms in total. The molecule has 0 aliphatic rings. The maximum Gasteiger partial charge on any atom is 0.135 e. The van der Waals surface area contributed by atoms with Crippen molar-refractivity contribution in [3.05, 3.63) is 51.9 Å². The van der Waals surface area contributed by atoms with Crippen molar-refractivity contribution >= 4 is 17.4 Å². The van der Waals surface area contributed by atoms with Gasteiger partial charge in [-0.05, 0) is 31.9 Å². The van der Waals surface area contributed by atoms with Gasteiger partial charge in [0.05, 0.1) is 0 Å². The van der Waals surface area contributed by atoms with Crippen molar-refractivity contribution in [1.29, 1.82) is 0 Å². The molecular weight excluding hydrogens is 270 g/mol. The minimum absolute atomic E-state index is 0.654. The van der Waals surface area contributed by atoms with Crippen LogP contribution in [0.2, 0.25) is 5.02 Å². The van der Waals surface area contributed by atoms with Gasteiger partial charge < -0.3 is 5.32 Å². The molecule has 0 amide bonds. The molecule has 0 spiro atoms. The molecule has 0 saturated heterocycles. The van der Waals surface area contributed by atoms with Gasteiger partial charge in [0.15, 0.2) is 0 Å². The summed E-state index contributed by atoms with van der Waals surface area (Å²) < 4.78 is 0. The first-order valence-electron chi connectivity index (χ1n) is 6.93. The van der Waals surface area contributed by atoms with Crippen LogP contribution in [0.5, 0.6) is 0 Å². The number of aryl methyl sites for hydroxylation is 1. The van der Waals surface area contributed by atoms with Gasteiger partial charge >= 0.3 is 0 Å². The zero-order valence-corrected chi connectivity index (χ0v) is 13.0. The van der Waals surface area contributed by atoms with E-state index in [-0.39, 0.29) is 0 Å². The third-order valence-corrected chi connectivity index (χ3v) is 3.65. The number of halogens is 1. The standard InChI is InChI=1S/C16H20ClN3/c1-4-9-18-16-11(2)12(3)19-15(20-16)10-13-7-5-6-8-14(13)17/h5-8H,4,9-10H2,1-3H3,(H,18,19,20). The first-order chi connectivity index (χ1) is 9.61. The fourth-order valence-corrected chi connectivity index (χ4v) is 2.20. The summed E-state index contributed by atoms with van der Waals surface area (Å²) in [6, 6.07) is 7.83. The Morgan fingerprint density at radius 3 is 2.60 bits per heavy atom. The highest BCUT2D eigenvalue weighted by Crippen LogP contribution is 2.20. The normalized spacial score (nSPS) is 10.6. The summed E-state index contributed by atoms with van der Waals surface area (Å²) in [5.41, 5.74) is 3.18. The van der Waals surface area contributed by atoms with Gasteiger partial charge in [-0.3, -0.25) is 0 Å². The molecule has 106 valence electrons. The van der Waals surface area contributed by atoms with Gasteiger partial charge in [-0.2, -0.15) is 0 Å². The first kappa shape index (κ1) is 14.8. The van der Waals surface area contributed by atoms with Crippen LogP contribution in [0.4, 0.5) is 5.82 Å². The third kappa shape index (κ3) is 3.48.